The third-order valence-corrected chi connectivity index (χ3v) is 4.99. The normalized spacial score (nSPS) is 29.4. The summed E-state index contributed by atoms with van der Waals surface area (Å²) in [6.45, 7) is 0. The number of rotatable bonds is 5. The Morgan fingerprint density at radius 2 is 2.05 bits per heavy atom. The largest absolute Gasteiger partial charge is 0.352 e. The molecule has 4 atom stereocenters. The highest BCUT2D eigenvalue weighted by molar-refractivity contribution is 5.81. The van der Waals surface area contributed by atoms with Gasteiger partial charge in [0.05, 0.1) is 6.04 Å². The van der Waals surface area contributed by atoms with Crippen molar-refractivity contribution in [3.63, 3.8) is 0 Å². The quantitative estimate of drug-likeness (QED) is 0.864. The molecule has 3 N–H and O–H groups in total. The number of hydrogen-bond acceptors (Lipinski definition) is 2. The lowest BCUT2D eigenvalue weighted by Crippen LogP contribution is -2.47. The van der Waals surface area contributed by atoms with Crippen LogP contribution in [0.1, 0.15) is 37.7 Å². The van der Waals surface area contributed by atoms with E-state index >= 15 is 0 Å². The summed E-state index contributed by atoms with van der Waals surface area (Å²) in [4.78, 5) is 12.2. The Bertz CT molecular complexity index is 459. The highest BCUT2D eigenvalue weighted by Crippen LogP contribution is 2.44. The van der Waals surface area contributed by atoms with Crippen molar-refractivity contribution >= 4 is 5.91 Å². The Labute approximate surface area is 120 Å². The van der Waals surface area contributed by atoms with E-state index in [1.807, 2.05) is 18.2 Å². The Hall–Kier alpha value is -1.35. The summed E-state index contributed by atoms with van der Waals surface area (Å²) in [5.41, 5.74) is 7.28. The summed E-state index contributed by atoms with van der Waals surface area (Å²) >= 11 is 0. The first-order valence-corrected chi connectivity index (χ1v) is 7.82. The van der Waals surface area contributed by atoms with E-state index in [9.17, 15) is 4.79 Å². The number of aryl methyl sites for hydroxylation is 1. The third kappa shape index (κ3) is 3.04. The smallest absolute Gasteiger partial charge is 0.237 e. The third-order valence-electron chi connectivity index (χ3n) is 4.99. The zero-order chi connectivity index (χ0) is 13.9. The van der Waals surface area contributed by atoms with Crippen LogP contribution in [-0.4, -0.2) is 18.0 Å². The number of carbonyl (C=O) groups excluding carboxylic acids is 1. The van der Waals surface area contributed by atoms with Gasteiger partial charge >= 0.3 is 0 Å². The maximum atomic E-state index is 12.2. The molecular formula is C17H24N2O. The average molecular weight is 272 g/mol. The topological polar surface area (TPSA) is 55.1 Å². The van der Waals surface area contributed by atoms with Crippen LogP contribution in [0.2, 0.25) is 0 Å². The molecule has 0 aliphatic heterocycles. The summed E-state index contributed by atoms with van der Waals surface area (Å²) in [6.07, 6.45) is 6.71. The van der Waals surface area contributed by atoms with Gasteiger partial charge in [-0.05, 0) is 49.5 Å². The van der Waals surface area contributed by atoms with Crippen molar-refractivity contribution in [3.05, 3.63) is 35.9 Å². The van der Waals surface area contributed by atoms with Gasteiger partial charge in [-0.3, -0.25) is 4.79 Å². The van der Waals surface area contributed by atoms with Gasteiger partial charge in [0, 0.05) is 6.04 Å². The van der Waals surface area contributed by atoms with Gasteiger partial charge in [-0.2, -0.15) is 0 Å². The second kappa shape index (κ2) is 5.96. The number of fused-ring (bicyclic) bond motifs is 2. The first-order chi connectivity index (χ1) is 9.72. The molecule has 20 heavy (non-hydrogen) atoms. The van der Waals surface area contributed by atoms with E-state index in [-0.39, 0.29) is 11.9 Å². The fourth-order valence-corrected chi connectivity index (χ4v) is 3.81. The SMILES string of the molecule is NC(CCc1ccccc1)C(=O)NC1CC2CCC1C2. The summed E-state index contributed by atoms with van der Waals surface area (Å²) in [7, 11) is 0. The summed E-state index contributed by atoms with van der Waals surface area (Å²) in [6, 6.07) is 10.2. The van der Waals surface area contributed by atoms with Gasteiger partial charge in [0.25, 0.3) is 0 Å². The molecule has 0 aromatic heterocycles. The Balaban J connectivity index is 1.45. The molecular weight excluding hydrogens is 248 g/mol. The van der Waals surface area contributed by atoms with Gasteiger partial charge in [-0.25, -0.2) is 0 Å². The molecule has 3 heteroatoms. The summed E-state index contributed by atoms with van der Waals surface area (Å²) < 4.78 is 0. The number of hydrogen-bond donors (Lipinski definition) is 2. The molecule has 108 valence electrons. The number of benzene rings is 1. The predicted octanol–water partition coefficient (Wildman–Crippen LogP) is 2.25. The van der Waals surface area contributed by atoms with Crippen molar-refractivity contribution in [2.24, 2.45) is 17.6 Å². The first kappa shape index (κ1) is 13.6. The van der Waals surface area contributed by atoms with E-state index in [1.54, 1.807) is 0 Å². The average Bonchev–Trinajstić information content (AvgIpc) is 3.08. The maximum absolute atomic E-state index is 12.2. The zero-order valence-electron chi connectivity index (χ0n) is 11.9. The predicted molar refractivity (Wildman–Crippen MR) is 80.1 cm³/mol. The van der Waals surface area contributed by atoms with Crippen LogP contribution < -0.4 is 11.1 Å². The van der Waals surface area contributed by atoms with Gasteiger partial charge in [0.2, 0.25) is 5.91 Å². The van der Waals surface area contributed by atoms with E-state index in [0.717, 1.165) is 18.8 Å². The number of amides is 1. The lowest BCUT2D eigenvalue weighted by molar-refractivity contribution is -0.123. The minimum atomic E-state index is -0.380. The van der Waals surface area contributed by atoms with Crippen LogP contribution in [-0.2, 0) is 11.2 Å². The van der Waals surface area contributed by atoms with Crippen LogP contribution in [0.4, 0.5) is 0 Å². The Morgan fingerprint density at radius 1 is 1.25 bits per heavy atom. The second-order valence-corrected chi connectivity index (χ2v) is 6.42. The summed E-state index contributed by atoms with van der Waals surface area (Å²) in [5, 5.41) is 3.18. The van der Waals surface area contributed by atoms with Crippen molar-refractivity contribution in [1.29, 1.82) is 0 Å². The van der Waals surface area contributed by atoms with Crippen molar-refractivity contribution in [1.82, 2.24) is 5.32 Å². The second-order valence-electron chi connectivity index (χ2n) is 6.42. The van der Waals surface area contributed by atoms with Crippen LogP contribution in [0.5, 0.6) is 0 Å². The Kier molecular flexibility index (Phi) is 4.06. The highest BCUT2D eigenvalue weighted by Gasteiger charge is 2.40. The number of nitrogens with one attached hydrogen (secondary N) is 1. The fourth-order valence-electron chi connectivity index (χ4n) is 3.81. The molecule has 1 amide bonds. The van der Waals surface area contributed by atoms with E-state index in [1.165, 1.54) is 31.2 Å². The zero-order valence-corrected chi connectivity index (χ0v) is 11.9. The van der Waals surface area contributed by atoms with Gasteiger partial charge in [0.15, 0.2) is 0 Å². The van der Waals surface area contributed by atoms with Crippen molar-refractivity contribution in [2.75, 3.05) is 0 Å². The van der Waals surface area contributed by atoms with Crippen molar-refractivity contribution in [3.8, 4) is 0 Å². The van der Waals surface area contributed by atoms with Crippen LogP contribution in [0.3, 0.4) is 0 Å². The molecule has 2 aliphatic carbocycles. The minimum absolute atomic E-state index is 0.0403. The monoisotopic (exact) mass is 272 g/mol. The van der Waals surface area contributed by atoms with E-state index in [4.69, 9.17) is 5.73 Å². The van der Waals surface area contributed by atoms with Gasteiger partial charge in [-0.1, -0.05) is 36.8 Å². The molecule has 2 bridgehead atoms. The summed E-state index contributed by atoms with van der Waals surface area (Å²) in [5.74, 6) is 1.61. The molecule has 2 saturated carbocycles. The Morgan fingerprint density at radius 3 is 2.70 bits per heavy atom. The number of nitrogens with two attached hydrogens (primary N) is 1. The van der Waals surface area contributed by atoms with Gasteiger partial charge in [0.1, 0.15) is 0 Å². The van der Waals surface area contributed by atoms with Gasteiger partial charge in [-0.15, -0.1) is 0 Å². The molecule has 1 aromatic rings. The van der Waals surface area contributed by atoms with E-state index in [2.05, 4.69) is 17.4 Å². The molecule has 0 saturated heterocycles. The van der Waals surface area contributed by atoms with Crippen LogP contribution in [0, 0.1) is 11.8 Å². The molecule has 4 unspecified atom stereocenters. The first-order valence-electron chi connectivity index (χ1n) is 7.82. The molecule has 2 aliphatic rings. The van der Waals surface area contributed by atoms with Crippen LogP contribution >= 0.6 is 0 Å². The molecule has 2 fully saturated rings. The minimum Gasteiger partial charge on any atom is -0.352 e. The molecule has 0 radical (unpaired) electrons. The molecule has 3 nitrogen and oxygen atoms in total. The molecule has 3 rings (SSSR count). The van der Waals surface area contributed by atoms with Crippen LogP contribution in [0.15, 0.2) is 30.3 Å². The standard InChI is InChI=1S/C17H24N2O/c18-15(9-7-12-4-2-1-3-5-12)17(20)19-16-11-13-6-8-14(16)10-13/h1-5,13-16H,6-11,18H2,(H,19,20). The van der Waals surface area contributed by atoms with Crippen molar-refractivity contribution in [2.45, 2.75) is 50.6 Å². The van der Waals surface area contributed by atoms with Crippen LogP contribution in [0.25, 0.3) is 0 Å². The molecule has 1 aromatic carbocycles. The molecule has 0 heterocycles. The van der Waals surface area contributed by atoms with E-state index < -0.39 is 0 Å². The lowest BCUT2D eigenvalue weighted by atomic mass is 9.95. The highest BCUT2D eigenvalue weighted by atomic mass is 16.2. The van der Waals surface area contributed by atoms with E-state index in [0.29, 0.717) is 12.0 Å². The molecule has 0 spiro atoms. The number of carbonyl (C=O) groups is 1. The lowest BCUT2D eigenvalue weighted by Gasteiger charge is -2.24. The van der Waals surface area contributed by atoms with Gasteiger partial charge < -0.3 is 11.1 Å². The van der Waals surface area contributed by atoms with Crippen molar-refractivity contribution < 1.29 is 4.79 Å². The maximum Gasteiger partial charge on any atom is 0.237 e. The fraction of sp³-hybridized carbons (Fsp3) is 0.588.